The molecule has 6 nitrogen and oxygen atoms in total. The first-order valence-corrected chi connectivity index (χ1v) is 13.9. The molecule has 2 aliphatic rings. The molecular weight excluding hydrogens is 415 g/mol. The van der Waals surface area contributed by atoms with Crippen molar-refractivity contribution < 1.29 is 27.7 Å². The van der Waals surface area contributed by atoms with Gasteiger partial charge >= 0.3 is 13.8 Å². The highest BCUT2D eigenvalue weighted by Gasteiger charge is 2.43. The van der Waals surface area contributed by atoms with Crippen molar-refractivity contribution in [2.24, 2.45) is 11.8 Å². The molecule has 0 saturated carbocycles. The topological polar surface area (TPSA) is 71.1 Å². The van der Waals surface area contributed by atoms with E-state index in [4.69, 9.17) is 18.3 Å². The monoisotopic (exact) mass is 458 g/mol. The summed E-state index contributed by atoms with van der Waals surface area (Å²) < 4.78 is 35.1. The van der Waals surface area contributed by atoms with Gasteiger partial charge in [-0.1, -0.05) is 85.0 Å². The molecule has 7 heteroatoms. The summed E-state index contributed by atoms with van der Waals surface area (Å²) in [6.07, 6.45) is 15.0. The standard InChI is InChI=1S/C24H43O6P/c1-4-5-6-7-8-9-10-11-12-13-14-17-28-31(26)29-19-21-18-27-24(25)23(21)22(30-31)16-15-20(2)3/h20-21H,4-19H2,1-3H3/t21-,31+/m0/s1. The summed E-state index contributed by atoms with van der Waals surface area (Å²) in [5.41, 5.74) is 0.483. The van der Waals surface area contributed by atoms with Gasteiger partial charge in [0.25, 0.3) is 0 Å². The molecule has 31 heavy (non-hydrogen) atoms. The predicted octanol–water partition coefficient (Wildman–Crippen LogP) is 7.33. The Kier molecular flexibility index (Phi) is 12.2. The summed E-state index contributed by atoms with van der Waals surface area (Å²) in [6, 6.07) is 0. The molecule has 0 N–H and O–H groups in total. The first-order valence-electron chi connectivity index (χ1n) is 12.4. The zero-order valence-corrected chi connectivity index (χ0v) is 20.8. The number of cyclic esters (lactones) is 1. The fourth-order valence-electron chi connectivity index (χ4n) is 3.98. The quantitative estimate of drug-likeness (QED) is 0.137. The molecule has 0 amide bonds. The number of unbranched alkanes of at least 4 members (excludes halogenated alkanes) is 10. The molecule has 0 radical (unpaired) electrons. The van der Waals surface area contributed by atoms with Crippen LogP contribution in [0, 0.1) is 11.8 Å². The van der Waals surface area contributed by atoms with Crippen molar-refractivity contribution >= 4 is 13.8 Å². The van der Waals surface area contributed by atoms with Gasteiger partial charge in [0.05, 0.1) is 24.7 Å². The second kappa shape index (κ2) is 14.3. The van der Waals surface area contributed by atoms with Gasteiger partial charge in [0, 0.05) is 6.42 Å². The minimum atomic E-state index is -3.70. The molecule has 0 aromatic carbocycles. The maximum absolute atomic E-state index is 13.1. The highest BCUT2D eigenvalue weighted by atomic mass is 31.2. The third-order valence-corrected chi connectivity index (χ3v) is 7.35. The lowest BCUT2D eigenvalue weighted by Gasteiger charge is -2.19. The van der Waals surface area contributed by atoms with E-state index in [9.17, 15) is 9.36 Å². The normalized spacial score (nSPS) is 23.6. The van der Waals surface area contributed by atoms with Gasteiger partial charge in [-0.2, -0.15) is 0 Å². The molecule has 2 heterocycles. The Labute approximate surface area is 189 Å². The maximum atomic E-state index is 13.1. The number of phosphoric acid groups is 1. The number of carbonyl (C=O) groups is 1. The molecule has 0 aromatic rings. The Morgan fingerprint density at radius 2 is 1.58 bits per heavy atom. The number of hydrogen-bond donors (Lipinski definition) is 0. The first kappa shape index (κ1) is 26.4. The van der Waals surface area contributed by atoms with E-state index in [1.807, 2.05) is 0 Å². The zero-order valence-electron chi connectivity index (χ0n) is 19.9. The van der Waals surface area contributed by atoms with Crippen LogP contribution in [0.5, 0.6) is 0 Å². The van der Waals surface area contributed by atoms with E-state index < -0.39 is 7.82 Å². The third-order valence-electron chi connectivity index (χ3n) is 5.95. The summed E-state index contributed by atoms with van der Waals surface area (Å²) in [4.78, 5) is 12.2. The lowest BCUT2D eigenvalue weighted by atomic mass is 9.98. The number of allylic oxidation sites excluding steroid dienone is 1. The molecule has 2 aliphatic heterocycles. The average Bonchev–Trinajstić information content (AvgIpc) is 3.03. The highest BCUT2D eigenvalue weighted by Crippen LogP contribution is 2.55. The van der Waals surface area contributed by atoms with Gasteiger partial charge < -0.3 is 9.26 Å². The number of rotatable bonds is 16. The second-order valence-electron chi connectivity index (χ2n) is 9.27. The number of phosphoric ester groups is 1. The van der Waals surface area contributed by atoms with Crippen molar-refractivity contribution in [2.75, 3.05) is 19.8 Å². The van der Waals surface area contributed by atoms with Crippen LogP contribution in [0.3, 0.4) is 0 Å². The Balaban J connectivity index is 1.68. The van der Waals surface area contributed by atoms with E-state index in [-0.39, 0.29) is 25.1 Å². The number of hydrogen-bond acceptors (Lipinski definition) is 6. The molecule has 0 aliphatic carbocycles. The first-order chi connectivity index (χ1) is 14.9. The van der Waals surface area contributed by atoms with Crippen molar-refractivity contribution in [3.63, 3.8) is 0 Å². The number of esters is 1. The van der Waals surface area contributed by atoms with E-state index in [0.29, 0.717) is 30.3 Å². The lowest BCUT2D eigenvalue weighted by molar-refractivity contribution is -0.135. The fraction of sp³-hybridized carbons (Fsp3) is 0.875. The van der Waals surface area contributed by atoms with Crippen LogP contribution in [0.25, 0.3) is 0 Å². The van der Waals surface area contributed by atoms with Crippen LogP contribution < -0.4 is 0 Å². The SMILES string of the molecule is CCCCCCCCCCCCCO[P@]1(=O)OC[C@@H]2COC(=O)C2=C(CCC(C)C)O1. The van der Waals surface area contributed by atoms with Gasteiger partial charge in [-0.25, -0.2) is 9.36 Å². The van der Waals surface area contributed by atoms with Crippen LogP contribution in [0.1, 0.15) is 104 Å². The largest absolute Gasteiger partial charge is 0.529 e. The minimum absolute atomic E-state index is 0.127. The minimum Gasteiger partial charge on any atom is -0.461 e. The van der Waals surface area contributed by atoms with Crippen LogP contribution in [0.15, 0.2) is 11.3 Å². The van der Waals surface area contributed by atoms with E-state index in [2.05, 4.69) is 20.8 Å². The summed E-state index contributed by atoms with van der Waals surface area (Å²) in [7, 11) is -3.70. The van der Waals surface area contributed by atoms with Crippen LogP contribution in [-0.2, 0) is 27.7 Å². The zero-order chi connectivity index (χ0) is 22.5. The second-order valence-corrected chi connectivity index (χ2v) is 10.9. The summed E-state index contributed by atoms with van der Waals surface area (Å²) in [5, 5.41) is 0. The van der Waals surface area contributed by atoms with Gasteiger partial charge in [0.2, 0.25) is 0 Å². The van der Waals surface area contributed by atoms with Gasteiger partial charge in [-0.15, -0.1) is 0 Å². The van der Waals surface area contributed by atoms with Crippen LogP contribution in [0.4, 0.5) is 0 Å². The fourth-order valence-corrected chi connectivity index (χ4v) is 5.33. The number of carbonyl (C=O) groups excluding carboxylic acids is 1. The Morgan fingerprint density at radius 1 is 0.968 bits per heavy atom. The van der Waals surface area contributed by atoms with E-state index in [0.717, 1.165) is 19.3 Å². The van der Waals surface area contributed by atoms with E-state index in [1.54, 1.807) is 0 Å². The van der Waals surface area contributed by atoms with Crippen LogP contribution in [-0.4, -0.2) is 25.8 Å². The van der Waals surface area contributed by atoms with Gasteiger partial charge in [-0.05, 0) is 18.8 Å². The summed E-state index contributed by atoms with van der Waals surface area (Å²) >= 11 is 0. The third kappa shape index (κ3) is 9.67. The number of fused-ring (bicyclic) bond motifs is 1. The van der Waals surface area contributed by atoms with Gasteiger partial charge in [-0.3, -0.25) is 9.05 Å². The van der Waals surface area contributed by atoms with Crippen LogP contribution >= 0.6 is 7.82 Å². The number of ether oxygens (including phenoxy) is 1. The average molecular weight is 459 g/mol. The molecule has 1 saturated heterocycles. The van der Waals surface area contributed by atoms with Gasteiger partial charge in [0.1, 0.15) is 12.4 Å². The Bertz CT molecular complexity index is 615. The molecule has 0 unspecified atom stereocenters. The molecule has 0 bridgehead atoms. The summed E-state index contributed by atoms with van der Waals surface area (Å²) in [6.45, 7) is 7.18. The molecule has 1 fully saturated rings. The van der Waals surface area contributed by atoms with Crippen molar-refractivity contribution in [3.05, 3.63) is 11.3 Å². The predicted molar refractivity (Wildman–Crippen MR) is 123 cm³/mol. The van der Waals surface area contributed by atoms with Crippen molar-refractivity contribution in [1.82, 2.24) is 0 Å². The Hall–Kier alpha value is -0.840. The van der Waals surface area contributed by atoms with Crippen LogP contribution in [0.2, 0.25) is 0 Å². The van der Waals surface area contributed by atoms with Crippen molar-refractivity contribution in [3.8, 4) is 0 Å². The molecule has 0 aromatic heterocycles. The van der Waals surface area contributed by atoms with E-state index >= 15 is 0 Å². The smallest absolute Gasteiger partial charge is 0.461 e. The highest BCUT2D eigenvalue weighted by molar-refractivity contribution is 7.48. The maximum Gasteiger partial charge on any atom is 0.529 e. The lowest BCUT2D eigenvalue weighted by Crippen LogP contribution is -2.10. The van der Waals surface area contributed by atoms with Crippen molar-refractivity contribution in [2.45, 2.75) is 104 Å². The summed E-state index contributed by atoms with van der Waals surface area (Å²) in [5.74, 6) is 0.261. The van der Waals surface area contributed by atoms with Crippen molar-refractivity contribution in [1.29, 1.82) is 0 Å². The molecule has 2 atom stereocenters. The van der Waals surface area contributed by atoms with E-state index in [1.165, 1.54) is 57.8 Å². The molecular formula is C24H43O6P. The molecule has 0 spiro atoms. The van der Waals surface area contributed by atoms with Gasteiger partial charge in [0.15, 0.2) is 0 Å². The molecule has 2 rings (SSSR count). The molecule has 180 valence electrons. The Morgan fingerprint density at radius 3 is 2.19 bits per heavy atom.